The molecule has 8 heteroatoms. The van der Waals surface area contributed by atoms with Gasteiger partial charge in [-0.2, -0.15) is 0 Å². The lowest BCUT2D eigenvalue weighted by Gasteiger charge is -2.21. The molecule has 0 aromatic carbocycles. The van der Waals surface area contributed by atoms with Crippen molar-refractivity contribution in [3.05, 3.63) is 30.2 Å². The standard InChI is InChI=1S/C15H21N3O5/c1-10(15(21)22)17-14(20)12(5-2-8-16)18-13(19)7-6-11-4-3-9-23-11/h3-4,6-7,9-10,12H,2,5,8,16H2,1H3,(H,17,20)(H,18,19)(H,21,22)/b7-6+/t10-,12-/m0/s1. The summed E-state index contributed by atoms with van der Waals surface area (Å²) in [5.74, 6) is -1.94. The van der Waals surface area contributed by atoms with E-state index in [1.807, 2.05) is 0 Å². The summed E-state index contributed by atoms with van der Waals surface area (Å²) < 4.78 is 5.05. The van der Waals surface area contributed by atoms with E-state index in [4.69, 9.17) is 4.42 Å². The van der Waals surface area contributed by atoms with E-state index in [-0.39, 0.29) is 0 Å². The van der Waals surface area contributed by atoms with Gasteiger partial charge in [-0.25, -0.2) is 0 Å². The molecule has 8 nitrogen and oxygen atoms in total. The first-order valence-electron chi connectivity index (χ1n) is 7.26. The average Bonchev–Trinajstić information content (AvgIpc) is 3.02. The Bertz CT molecular complexity index is 553. The molecular formula is C15H21N3O5. The van der Waals surface area contributed by atoms with Crippen molar-refractivity contribution in [3.63, 3.8) is 0 Å². The van der Waals surface area contributed by atoms with Crippen LogP contribution in [0, 0.1) is 0 Å². The van der Waals surface area contributed by atoms with Gasteiger partial charge >= 0.3 is 0 Å². The van der Waals surface area contributed by atoms with Crippen molar-refractivity contribution in [2.45, 2.75) is 31.8 Å². The lowest BCUT2D eigenvalue weighted by atomic mass is 10.1. The van der Waals surface area contributed by atoms with Crippen molar-refractivity contribution in [3.8, 4) is 0 Å². The number of aliphatic carboxylic acids is 1. The van der Waals surface area contributed by atoms with Gasteiger partial charge in [-0.05, 0) is 38.0 Å². The van der Waals surface area contributed by atoms with E-state index in [1.165, 1.54) is 25.3 Å². The summed E-state index contributed by atoms with van der Waals surface area (Å²) in [5.41, 5.74) is 3.68. The molecule has 0 saturated heterocycles. The number of carbonyl (C=O) groups is 3. The minimum absolute atomic E-state index is 0.357. The van der Waals surface area contributed by atoms with Gasteiger partial charge < -0.3 is 30.7 Å². The second kappa shape index (κ2) is 9.42. The fraction of sp³-hybridized carbons (Fsp3) is 0.400. The Morgan fingerprint density at radius 1 is 1.39 bits per heavy atom. The van der Waals surface area contributed by atoms with Crippen molar-refractivity contribution in [2.75, 3.05) is 6.54 Å². The highest BCUT2D eigenvalue weighted by molar-refractivity contribution is 5.96. The molecule has 1 heterocycles. The molecule has 0 fully saturated rings. The fourth-order valence-electron chi connectivity index (χ4n) is 1.75. The molecule has 0 unspecified atom stereocenters. The topological polar surface area (TPSA) is 139 Å². The molecule has 1 aromatic heterocycles. The molecule has 1 aromatic rings. The summed E-state index contributed by atoms with van der Waals surface area (Å²) in [4.78, 5) is 34.6. The molecule has 0 bridgehead atoms. The first-order valence-corrected chi connectivity index (χ1v) is 7.26. The van der Waals surface area contributed by atoms with Gasteiger partial charge in [0.1, 0.15) is 11.8 Å². The largest absolute Gasteiger partial charge is 0.548 e. The number of quaternary nitrogens is 1. The van der Waals surface area contributed by atoms with Crippen LogP contribution in [0.4, 0.5) is 0 Å². The first kappa shape index (κ1) is 18.4. The van der Waals surface area contributed by atoms with E-state index in [9.17, 15) is 19.5 Å². The number of hydrogen-bond donors (Lipinski definition) is 3. The molecule has 0 radical (unpaired) electrons. The van der Waals surface area contributed by atoms with E-state index in [0.717, 1.165) is 0 Å². The molecule has 0 saturated carbocycles. The summed E-state index contributed by atoms with van der Waals surface area (Å²) in [6, 6.07) is 1.38. The minimum Gasteiger partial charge on any atom is -0.548 e. The Kier molecular flexibility index (Phi) is 7.55. The van der Waals surface area contributed by atoms with Crippen molar-refractivity contribution in [1.82, 2.24) is 10.6 Å². The molecule has 5 N–H and O–H groups in total. The molecule has 0 aliphatic heterocycles. The van der Waals surface area contributed by atoms with E-state index < -0.39 is 29.9 Å². The van der Waals surface area contributed by atoms with Crippen LogP contribution in [0.25, 0.3) is 6.08 Å². The van der Waals surface area contributed by atoms with Crippen LogP contribution in [0.15, 0.2) is 28.9 Å². The van der Waals surface area contributed by atoms with Crippen LogP contribution in [0.5, 0.6) is 0 Å². The van der Waals surface area contributed by atoms with Crippen LogP contribution in [-0.2, 0) is 14.4 Å². The molecule has 126 valence electrons. The lowest BCUT2D eigenvalue weighted by Crippen LogP contribution is -2.54. The zero-order valence-electron chi connectivity index (χ0n) is 12.9. The predicted molar refractivity (Wildman–Crippen MR) is 79.3 cm³/mol. The van der Waals surface area contributed by atoms with Gasteiger partial charge in [0.15, 0.2) is 0 Å². The summed E-state index contributed by atoms with van der Waals surface area (Å²) in [5, 5.41) is 15.5. The molecule has 0 aliphatic carbocycles. The molecular weight excluding hydrogens is 302 g/mol. The Hall–Kier alpha value is -2.61. The van der Waals surface area contributed by atoms with Crippen molar-refractivity contribution in [2.24, 2.45) is 0 Å². The predicted octanol–water partition coefficient (Wildman–Crippen LogP) is -1.95. The molecule has 2 atom stereocenters. The van der Waals surface area contributed by atoms with Crippen molar-refractivity contribution in [1.29, 1.82) is 0 Å². The number of carboxylic acid groups (broad SMARTS) is 1. The van der Waals surface area contributed by atoms with Gasteiger partial charge in [0, 0.05) is 6.08 Å². The maximum absolute atomic E-state index is 12.1. The first-order chi connectivity index (χ1) is 10.9. The Morgan fingerprint density at radius 2 is 2.13 bits per heavy atom. The normalized spacial score (nSPS) is 13.5. The molecule has 23 heavy (non-hydrogen) atoms. The van der Waals surface area contributed by atoms with Crippen LogP contribution in [0.2, 0.25) is 0 Å². The van der Waals surface area contributed by atoms with Crippen LogP contribution < -0.4 is 21.5 Å². The van der Waals surface area contributed by atoms with E-state index >= 15 is 0 Å². The lowest BCUT2D eigenvalue weighted by molar-refractivity contribution is -0.368. The molecule has 1 rings (SSSR count). The molecule has 0 spiro atoms. The zero-order valence-corrected chi connectivity index (χ0v) is 12.9. The average molecular weight is 323 g/mol. The highest BCUT2D eigenvalue weighted by Crippen LogP contribution is 2.03. The van der Waals surface area contributed by atoms with E-state index in [1.54, 1.807) is 12.1 Å². The Balaban J connectivity index is 2.63. The SMILES string of the molecule is C[C@H](NC(=O)[C@H](CCC[NH3+])NC(=O)/C=C/c1ccco1)C(=O)[O-]. The number of carboxylic acids is 1. The summed E-state index contributed by atoms with van der Waals surface area (Å²) in [6.07, 6.45) is 5.15. The molecule has 2 amide bonds. The van der Waals surface area contributed by atoms with E-state index in [0.29, 0.717) is 25.1 Å². The minimum atomic E-state index is -1.39. The maximum atomic E-state index is 12.1. The van der Waals surface area contributed by atoms with Gasteiger partial charge in [-0.15, -0.1) is 0 Å². The second-order valence-corrected chi connectivity index (χ2v) is 4.96. The van der Waals surface area contributed by atoms with Gasteiger partial charge in [0.2, 0.25) is 11.8 Å². The second-order valence-electron chi connectivity index (χ2n) is 4.96. The van der Waals surface area contributed by atoms with Crippen LogP contribution in [-0.4, -0.2) is 36.4 Å². The number of furan rings is 1. The number of hydrogen-bond acceptors (Lipinski definition) is 5. The highest BCUT2D eigenvalue weighted by Gasteiger charge is 2.21. The zero-order chi connectivity index (χ0) is 17.2. The summed E-state index contributed by atoms with van der Waals surface area (Å²) >= 11 is 0. The van der Waals surface area contributed by atoms with Crippen molar-refractivity contribution < 1.29 is 29.6 Å². The third-order valence-corrected chi connectivity index (χ3v) is 3.03. The van der Waals surface area contributed by atoms with Gasteiger partial charge in [-0.3, -0.25) is 9.59 Å². The Labute approximate surface area is 133 Å². The number of carbonyl (C=O) groups excluding carboxylic acids is 3. The van der Waals surface area contributed by atoms with E-state index in [2.05, 4.69) is 16.4 Å². The highest BCUT2D eigenvalue weighted by atomic mass is 16.4. The quantitative estimate of drug-likeness (QED) is 0.453. The van der Waals surface area contributed by atoms with Gasteiger partial charge in [-0.1, -0.05) is 0 Å². The van der Waals surface area contributed by atoms with Crippen LogP contribution in [0.1, 0.15) is 25.5 Å². The van der Waals surface area contributed by atoms with Crippen LogP contribution in [0.3, 0.4) is 0 Å². The monoisotopic (exact) mass is 323 g/mol. The van der Waals surface area contributed by atoms with Gasteiger partial charge in [0.05, 0.1) is 24.8 Å². The number of rotatable bonds is 9. The number of amides is 2. The smallest absolute Gasteiger partial charge is 0.244 e. The third-order valence-electron chi connectivity index (χ3n) is 3.03. The molecule has 0 aliphatic rings. The summed E-state index contributed by atoms with van der Waals surface area (Å²) in [6.45, 7) is 1.89. The van der Waals surface area contributed by atoms with Gasteiger partial charge in [0.25, 0.3) is 0 Å². The van der Waals surface area contributed by atoms with Crippen LogP contribution >= 0.6 is 0 Å². The van der Waals surface area contributed by atoms with Crippen molar-refractivity contribution >= 4 is 23.9 Å². The summed E-state index contributed by atoms with van der Waals surface area (Å²) in [7, 11) is 0. The third kappa shape index (κ3) is 6.79. The number of nitrogens with one attached hydrogen (secondary N) is 2. The Morgan fingerprint density at radius 3 is 2.70 bits per heavy atom. The maximum Gasteiger partial charge on any atom is 0.244 e. The fourth-order valence-corrected chi connectivity index (χ4v) is 1.75.